The summed E-state index contributed by atoms with van der Waals surface area (Å²) in [6.45, 7) is 1.86. The Kier molecular flexibility index (Phi) is 2.85. The van der Waals surface area contributed by atoms with Gasteiger partial charge in [0.25, 0.3) is 5.91 Å². The minimum atomic E-state index is -0.362. The van der Waals surface area contributed by atoms with Gasteiger partial charge in [-0.25, -0.2) is 0 Å². The van der Waals surface area contributed by atoms with Gasteiger partial charge in [0.1, 0.15) is 17.5 Å². The zero-order valence-electron chi connectivity index (χ0n) is 10.3. The van der Waals surface area contributed by atoms with Crippen LogP contribution in [0.4, 0.5) is 5.82 Å². The maximum absolute atomic E-state index is 12.0. The first kappa shape index (κ1) is 11.9. The van der Waals surface area contributed by atoms with E-state index in [1.807, 2.05) is 13.0 Å². The summed E-state index contributed by atoms with van der Waals surface area (Å²) >= 11 is 0. The van der Waals surface area contributed by atoms with Crippen molar-refractivity contribution in [3.63, 3.8) is 0 Å². The van der Waals surface area contributed by atoms with E-state index in [0.717, 1.165) is 5.69 Å². The van der Waals surface area contributed by atoms with Gasteiger partial charge in [-0.2, -0.15) is 15.5 Å². The molecule has 7 heteroatoms. The van der Waals surface area contributed by atoms with E-state index in [0.29, 0.717) is 17.1 Å². The third-order valence-corrected chi connectivity index (χ3v) is 2.64. The Morgan fingerprint density at radius 3 is 2.72 bits per heavy atom. The zero-order chi connectivity index (χ0) is 13.3. The van der Waals surface area contributed by atoms with Crippen LogP contribution in [0.1, 0.15) is 21.7 Å². The molecule has 0 fully saturated rings. The summed E-state index contributed by atoms with van der Waals surface area (Å²) in [5.41, 5.74) is 1.50. The lowest BCUT2D eigenvalue weighted by atomic mass is 10.3. The molecule has 0 aliphatic rings. The van der Waals surface area contributed by atoms with Crippen molar-refractivity contribution in [2.75, 3.05) is 5.32 Å². The fraction of sp³-hybridized carbons (Fsp3) is 0.273. The highest BCUT2D eigenvalue weighted by atomic mass is 16.2. The molecule has 18 heavy (non-hydrogen) atoms. The average Bonchev–Trinajstić information content (AvgIpc) is 2.85. The Morgan fingerprint density at radius 1 is 1.44 bits per heavy atom. The Balaban J connectivity index is 2.27. The number of anilines is 1. The largest absolute Gasteiger partial charge is 0.304 e. The Bertz CT molecular complexity index is 626. The number of hydrogen-bond donors (Lipinski definition) is 1. The van der Waals surface area contributed by atoms with Gasteiger partial charge in [0.2, 0.25) is 0 Å². The molecule has 0 spiro atoms. The van der Waals surface area contributed by atoms with Crippen molar-refractivity contribution >= 4 is 11.7 Å². The fourth-order valence-corrected chi connectivity index (χ4v) is 1.51. The van der Waals surface area contributed by atoms with Crippen LogP contribution in [0.2, 0.25) is 0 Å². The van der Waals surface area contributed by atoms with E-state index in [-0.39, 0.29) is 5.91 Å². The van der Waals surface area contributed by atoms with Crippen molar-refractivity contribution in [1.82, 2.24) is 19.6 Å². The monoisotopic (exact) mass is 244 g/mol. The van der Waals surface area contributed by atoms with Crippen molar-refractivity contribution in [2.45, 2.75) is 6.92 Å². The third-order valence-electron chi connectivity index (χ3n) is 2.64. The number of aromatic nitrogens is 4. The number of nitrogens with zero attached hydrogens (tertiary/aromatic N) is 5. The van der Waals surface area contributed by atoms with Crippen molar-refractivity contribution in [3.05, 3.63) is 29.2 Å². The Hall–Kier alpha value is -2.62. The zero-order valence-corrected chi connectivity index (χ0v) is 10.3. The highest BCUT2D eigenvalue weighted by Gasteiger charge is 2.15. The third kappa shape index (κ3) is 1.96. The van der Waals surface area contributed by atoms with Crippen molar-refractivity contribution in [3.8, 4) is 6.07 Å². The van der Waals surface area contributed by atoms with Crippen LogP contribution in [0.15, 0.2) is 12.3 Å². The SMILES string of the molecule is Cc1cc(C(=O)Nc2c(C#N)cnn2C)nn1C. The molecule has 2 aromatic heterocycles. The van der Waals surface area contributed by atoms with Crippen LogP contribution in [0, 0.1) is 18.3 Å². The quantitative estimate of drug-likeness (QED) is 0.837. The van der Waals surface area contributed by atoms with Crippen LogP contribution in [-0.2, 0) is 14.1 Å². The first-order valence-electron chi connectivity index (χ1n) is 5.27. The summed E-state index contributed by atoms with van der Waals surface area (Å²) in [6.07, 6.45) is 1.40. The van der Waals surface area contributed by atoms with Gasteiger partial charge < -0.3 is 5.32 Å². The second-order valence-corrected chi connectivity index (χ2v) is 3.89. The molecule has 2 rings (SSSR count). The van der Waals surface area contributed by atoms with Crippen LogP contribution in [0.5, 0.6) is 0 Å². The van der Waals surface area contributed by atoms with E-state index in [4.69, 9.17) is 5.26 Å². The van der Waals surface area contributed by atoms with Gasteiger partial charge in [-0.1, -0.05) is 0 Å². The predicted molar refractivity (Wildman–Crippen MR) is 63.8 cm³/mol. The number of carbonyl (C=O) groups is 1. The second-order valence-electron chi connectivity index (χ2n) is 3.89. The number of amides is 1. The number of rotatable bonds is 2. The van der Waals surface area contributed by atoms with Gasteiger partial charge in [-0.15, -0.1) is 0 Å². The molecule has 0 saturated carbocycles. The minimum absolute atomic E-state index is 0.306. The van der Waals surface area contributed by atoms with Gasteiger partial charge in [0, 0.05) is 19.8 Å². The maximum Gasteiger partial charge on any atom is 0.277 e. The molecule has 0 aromatic carbocycles. The predicted octanol–water partition coefficient (Wildman–Crippen LogP) is 0.586. The lowest BCUT2D eigenvalue weighted by Gasteiger charge is -2.03. The summed E-state index contributed by atoms with van der Waals surface area (Å²) in [5.74, 6) is 0.00426. The van der Waals surface area contributed by atoms with Gasteiger partial charge in [0.05, 0.1) is 6.20 Å². The number of carbonyl (C=O) groups excluding carboxylic acids is 1. The van der Waals surface area contributed by atoms with E-state index in [9.17, 15) is 4.79 Å². The van der Waals surface area contributed by atoms with E-state index in [1.54, 1.807) is 24.8 Å². The Labute approximate surface area is 104 Å². The molecule has 1 N–H and O–H groups in total. The number of hydrogen-bond acceptors (Lipinski definition) is 4. The van der Waals surface area contributed by atoms with Crippen LogP contribution >= 0.6 is 0 Å². The molecule has 2 aromatic rings. The smallest absolute Gasteiger partial charge is 0.277 e. The minimum Gasteiger partial charge on any atom is -0.304 e. The summed E-state index contributed by atoms with van der Waals surface area (Å²) < 4.78 is 3.05. The van der Waals surface area contributed by atoms with E-state index in [1.165, 1.54) is 10.9 Å². The highest BCUT2D eigenvalue weighted by Crippen LogP contribution is 2.13. The number of aryl methyl sites for hydroxylation is 3. The molecule has 0 aliphatic carbocycles. The summed E-state index contributed by atoms with van der Waals surface area (Å²) in [7, 11) is 3.41. The maximum atomic E-state index is 12.0. The van der Waals surface area contributed by atoms with Gasteiger partial charge >= 0.3 is 0 Å². The first-order chi connectivity index (χ1) is 8.52. The summed E-state index contributed by atoms with van der Waals surface area (Å²) in [6, 6.07) is 3.64. The molecule has 0 aliphatic heterocycles. The first-order valence-corrected chi connectivity index (χ1v) is 5.27. The molecular weight excluding hydrogens is 232 g/mol. The van der Waals surface area contributed by atoms with E-state index < -0.39 is 0 Å². The molecule has 0 radical (unpaired) electrons. The van der Waals surface area contributed by atoms with Crippen molar-refractivity contribution in [2.24, 2.45) is 14.1 Å². The summed E-state index contributed by atoms with van der Waals surface area (Å²) in [4.78, 5) is 12.0. The molecular formula is C11H12N6O. The molecule has 0 bridgehead atoms. The average molecular weight is 244 g/mol. The number of nitrogens with one attached hydrogen (secondary N) is 1. The number of nitriles is 1. The Morgan fingerprint density at radius 2 is 2.17 bits per heavy atom. The van der Waals surface area contributed by atoms with E-state index in [2.05, 4.69) is 15.5 Å². The molecule has 0 unspecified atom stereocenters. The van der Waals surface area contributed by atoms with Crippen LogP contribution in [0.3, 0.4) is 0 Å². The highest BCUT2D eigenvalue weighted by molar-refractivity contribution is 6.03. The van der Waals surface area contributed by atoms with Crippen molar-refractivity contribution < 1.29 is 4.79 Å². The van der Waals surface area contributed by atoms with Crippen LogP contribution in [-0.4, -0.2) is 25.5 Å². The topological polar surface area (TPSA) is 88.5 Å². The van der Waals surface area contributed by atoms with Crippen molar-refractivity contribution in [1.29, 1.82) is 5.26 Å². The van der Waals surface area contributed by atoms with Crippen LogP contribution < -0.4 is 5.32 Å². The molecule has 2 heterocycles. The molecule has 1 amide bonds. The van der Waals surface area contributed by atoms with E-state index >= 15 is 0 Å². The summed E-state index contributed by atoms with van der Waals surface area (Å²) in [5, 5.41) is 19.5. The molecule has 7 nitrogen and oxygen atoms in total. The normalized spacial score (nSPS) is 10.1. The standard InChI is InChI=1S/C11H12N6O/c1-7-4-9(15-16(7)2)11(18)14-10-8(5-12)6-13-17(10)3/h4,6H,1-3H3,(H,14,18). The fourth-order valence-electron chi connectivity index (χ4n) is 1.51. The van der Waals surface area contributed by atoms with Crippen LogP contribution in [0.25, 0.3) is 0 Å². The molecule has 92 valence electrons. The van der Waals surface area contributed by atoms with Gasteiger partial charge in [0.15, 0.2) is 5.69 Å². The second kappa shape index (κ2) is 4.33. The lowest BCUT2D eigenvalue weighted by molar-refractivity contribution is 0.102. The molecule has 0 atom stereocenters. The lowest BCUT2D eigenvalue weighted by Crippen LogP contribution is -2.16. The van der Waals surface area contributed by atoms with Gasteiger partial charge in [-0.3, -0.25) is 14.2 Å². The van der Waals surface area contributed by atoms with Gasteiger partial charge in [-0.05, 0) is 13.0 Å². The molecule has 0 saturated heterocycles.